The van der Waals surface area contributed by atoms with Gasteiger partial charge in [-0.3, -0.25) is 4.79 Å². The lowest BCUT2D eigenvalue weighted by atomic mass is 10.2. The zero-order valence-electron chi connectivity index (χ0n) is 14.5. The number of carbonyl (C=O) groups is 1. The fourth-order valence-electron chi connectivity index (χ4n) is 2.82. The van der Waals surface area contributed by atoms with Crippen molar-refractivity contribution in [2.75, 3.05) is 6.54 Å². The van der Waals surface area contributed by atoms with E-state index in [2.05, 4.69) is 25.5 Å². The highest BCUT2D eigenvalue weighted by Crippen LogP contribution is 2.28. The molecule has 3 aromatic heterocycles. The molecular formula is C18H16ClN7O. The lowest BCUT2D eigenvalue weighted by Crippen LogP contribution is -2.27. The Balaban J connectivity index is 1.57. The van der Waals surface area contributed by atoms with Crippen LogP contribution in [0.15, 0.2) is 49.2 Å². The van der Waals surface area contributed by atoms with Crippen LogP contribution < -0.4 is 5.32 Å². The summed E-state index contributed by atoms with van der Waals surface area (Å²) < 4.78 is 3.65. The van der Waals surface area contributed by atoms with Crippen LogP contribution in [-0.2, 0) is 13.6 Å². The number of imidazole rings is 1. The summed E-state index contributed by atoms with van der Waals surface area (Å²) >= 11 is 6.29. The number of carbonyl (C=O) groups excluding carboxylic acids is 1. The lowest BCUT2D eigenvalue weighted by Gasteiger charge is -2.05. The summed E-state index contributed by atoms with van der Waals surface area (Å²) in [5.74, 6) is 0.496. The van der Waals surface area contributed by atoms with E-state index in [1.165, 1.54) is 0 Å². The van der Waals surface area contributed by atoms with Crippen LogP contribution in [-0.4, -0.2) is 41.8 Å². The first kappa shape index (κ1) is 17.2. The Morgan fingerprint density at radius 3 is 2.78 bits per heavy atom. The van der Waals surface area contributed by atoms with Gasteiger partial charge in [-0.15, -0.1) is 10.2 Å². The predicted molar refractivity (Wildman–Crippen MR) is 101 cm³/mol. The van der Waals surface area contributed by atoms with Crippen LogP contribution in [0.4, 0.5) is 0 Å². The summed E-state index contributed by atoms with van der Waals surface area (Å²) in [6.45, 7) is 1.05. The standard InChI is InChI=1S/C18H16ClN7O/c1-25-16(13-4-2-3-5-14(13)19)24-15-8-12(9-21-17(15)25)18(27)20-6-7-26-10-22-23-11-26/h2-5,8-11H,6-7H2,1H3,(H,20,27). The van der Waals surface area contributed by atoms with Gasteiger partial charge in [0.2, 0.25) is 0 Å². The molecule has 0 bridgehead atoms. The van der Waals surface area contributed by atoms with Crippen molar-refractivity contribution in [3.05, 3.63) is 59.8 Å². The number of pyridine rings is 1. The molecule has 0 spiro atoms. The van der Waals surface area contributed by atoms with E-state index in [1.54, 1.807) is 29.5 Å². The zero-order valence-corrected chi connectivity index (χ0v) is 15.3. The molecule has 27 heavy (non-hydrogen) atoms. The molecule has 9 heteroatoms. The van der Waals surface area contributed by atoms with E-state index in [9.17, 15) is 4.79 Å². The Hall–Kier alpha value is -3.26. The molecule has 0 aliphatic heterocycles. The van der Waals surface area contributed by atoms with Gasteiger partial charge < -0.3 is 14.5 Å². The third-order valence-corrected chi connectivity index (χ3v) is 4.54. The van der Waals surface area contributed by atoms with Gasteiger partial charge in [-0.05, 0) is 18.2 Å². The van der Waals surface area contributed by atoms with Crippen molar-refractivity contribution < 1.29 is 4.79 Å². The van der Waals surface area contributed by atoms with Crippen LogP contribution in [0.25, 0.3) is 22.6 Å². The van der Waals surface area contributed by atoms with Crippen LogP contribution in [0.1, 0.15) is 10.4 Å². The molecule has 1 amide bonds. The van der Waals surface area contributed by atoms with Crippen molar-refractivity contribution in [3.8, 4) is 11.4 Å². The third kappa shape index (κ3) is 3.39. The van der Waals surface area contributed by atoms with E-state index in [0.29, 0.717) is 40.7 Å². The molecule has 0 aliphatic carbocycles. The molecule has 0 saturated heterocycles. The largest absolute Gasteiger partial charge is 0.350 e. The summed E-state index contributed by atoms with van der Waals surface area (Å²) in [5, 5.41) is 10.9. The number of halogens is 1. The van der Waals surface area contributed by atoms with Gasteiger partial charge >= 0.3 is 0 Å². The highest BCUT2D eigenvalue weighted by atomic mass is 35.5. The molecule has 4 aromatic rings. The zero-order chi connectivity index (χ0) is 18.8. The molecule has 0 unspecified atom stereocenters. The minimum Gasteiger partial charge on any atom is -0.350 e. The summed E-state index contributed by atoms with van der Waals surface area (Å²) in [6.07, 6.45) is 4.75. The van der Waals surface area contributed by atoms with E-state index in [4.69, 9.17) is 11.6 Å². The summed E-state index contributed by atoms with van der Waals surface area (Å²) in [7, 11) is 1.87. The quantitative estimate of drug-likeness (QED) is 0.573. The molecule has 3 heterocycles. The van der Waals surface area contributed by atoms with Gasteiger partial charge in [0.25, 0.3) is 5.91 Å². The molecule has 1 aromatic carbocycles. The Morgan fingerprint density at radius 2 is 2.00 bits per heavy atom. The van der Waals surface area contributed by atoms with Gasteiger partial charge in [0.15, 0.2) is 5.65 Å². The maximum absolute atomic E-state index is 12.4. The van der Waals surface area contributed by atoms with Crippen molar-refractivity contribution in [2.24, 2.45) is 7.05 Å². The highest BCUT2D eigenvalue weighted by molar-refractivity contribution is 6.33. The van der Waals surface area contributed by atoms with Crippen molar-refractivity contribution in [1.29, 1.82) is 0 Å². The van der Waals surface area contributed by atoms with Crippen LogP contribution in [0.5, 0.6) is 0 Å². The minimum absolute atomic E-state index is 0.206. The van der Waals surface area contributed by atoms with E-state index in [-0.39, 0.29) is 5.91 Å². The number of aromatic nitrogens is 6. The third-order valence-electron chi connectivity index (χ3n) is 4.21. The van der Waals surface area contributed by atoms with Gasteiger partial charge in [0.1, 0.15) is 24.0 Å². The summed E-state index contributed by atoms with van der Waals surface area (Å²) in [6, 6.07) is 9.23. The maximum Gasteiger partial charge on any atom is 0.252 e. The van der Waals surface area contributed by atoms with Crippen molar-refractivity contribution in [3.63, 3.8) is 0 Å². The number of hydrogen-bond donors (Lipinski definition) is 1. The molecule has 1 N–H and O–H groups in total. The lowest BCUT2D eigenvalue weighted by molar-refractivity contribution is 0.0952. The number of nitrogens with one attached hydrogen (secondary N) is 1. The van der Waals surface area contributed by atoms with Crippen LogP contribution in [0.2, 0.25) is 5.02 Å². The Bertz CT molecular complexity index is 1100. The van der Waals surface area contributed by atoms with Gasteiger partial charge in [0.05, 0.1) is 10.6 Å². The summed E-state index contributed by atoms with van der Waals surface area (Å²) in [4.78, 5) is 21.4. The second-order valence-corrected chi connectivity index (χ2v) is 6.40. The van der Waals surface area contributed by atoms with E-state index < -0.39 is 0 Å². The van der Waals surface area contributed by atoms with Crippen molar-refractivity contribution in [1.82, 2.24) is 34.6 Å². The monoisotopic (exact) mass is 381 g/mol. The van der Waals surface area contributed by atoms with Gasteiger partial charge in [-0.2, -0.15) is 0 Å². The smallest absolute Gasteiger partial charge is 0.252 e. The molecule has 0 atom stereocenters. The Morgan fingerprint density at radius 1 is 1.22 bits per heavy atom. The molecule has 4 rings (SSSR count). The molecular weight excluding hydrogens is 366 g/mol. The SMILES string of the molecule is Cn1c(-c2ccccc2Cl)nc2cc(C(=O)NCCn3cnnc3)cnc21. The van der Waals surface area contributed by atoms with Crippen LogP contribution >= 0.6 is 11.6 Å². The number of rotatable bonds is 5. The maximum atomic E-state index is 12.4. The predicted octanol–water partition coefficient (Wildman–Crippen LogP) is 2.31. The van der Waals surface area contributed by atoms with E-state index in [1.807, 2.05) is 35.9 Å². The highest BCUT2D eigenvalue weighted by Gasteiger charge is 2.15. The first-order valence-corrected chi connectivity index (χ1v) is 8.69. The number of fused-ring (bicyclic) bond motifs is 1. The average Bonchev–Trinajstić information content (AvgIpc) is 3.30. The van der Waals surface area contributed by atoms with Crippen LogP contribution in [0, 0.1) is 0 Å². The van der Waals surface area contributed by atoms with E-state index in [0.717, 1.165) is 5.56 Å². The number of amides is 1. The number of aryl methyl sites for hydroxylation is 1. The molecule has 0 radical (unpaired) electrons. The number of nitrogens with zero attached hydrogens (tertiary/aromatic N) is 6. The second-order valence-electron chi connectivity index (χ2n) is 6.00. The normalized spacial score (nSPS) is 11.0. The molecule has 0 fully saturated rings. The minimum atomic E-state index is -0.206. The van der Waals surface area contributed by atoms with E-state index >= 15 is 0 Å². The Kier molecular flexibility index (Phi) is 4.55. The number of benzene rings is 1. The first-order valence-electron chi connectivity index (χ1n) is 8.31. The molecule has 136 valence electrons. The molecule has 0 aliphatic rings. The second kappa shape index (κ2) is 7.16. The fraction of sp³-hybridized carbons (Fsp3) is 0.167. The van der Waals surface area contributed by atoms with Gasteiger partial charge in [0, 0.05) is 31.9 Å². The summed E-state index contributed by atoms with van der Waals surface area (Å²) in [5.41, 5.74) is 2.60. The fourth-order valence-corrected chi connectivity index (χ4v) is 3.04. The number of hydrogen-bond acceptors (Lipinski definition) is 5. The average molecular weight is 382 g/mol. The topological polar surface area (TPSA) is 90.5 Å². The van der Waals surface area contributed by atoms with Crippen molar-refractivity contribution in [2.45, 2.75) is 6.54 Å². The van der Waals surface area contributed by atoms with Gasteiger partial charge in [-0.25, -0.2) is 9.97 Å². The van der Waals surface area contributed by atoms with Gasteiger partial charge in [-0.1, -0.05) is 23.7 Å². The Labute approximate surface area is 159 Å². The molecule has 0 saturated carbocycles. The molecule has 8 nitrogen and oxygen atoms in total. The first-order chi connectivity index (χ1) is 13.1. The van der Waals surface area contributed by atoms with Crippen LogP contribution in [0.3, 0.4) is 0 Å². The van der Waals surface area contributed by atoms with Crippen molar-refractivity contribution >= 4 is 28.7 Å².